The lowest BCUT2D eigenvalue weighted by molar-refractivity contribution is -0.118. The number of rotatable bonds is 12. The van der Waals surface area contributed by atoms with Crippen molar-refractivity contribution in [3.05, 3.63) is 31.5 Å². The molecule has 0 aromatic carbocycles. The second-order valence-electron chi connectivity index (χ2n) is 7.12. The Morgan fingerprint density at radius 2 is 0.800 bits per heavy atom. The van der Waals surface area contributed by atoms with Gasteiger partial charge >= 0.3 is 17.1 Å². The highest BCUT2D eigenvalue weighted by Gasteiger charge is 2.25. The quantitative estimate of drug-likeness (QED) is 0.394. The average molecular weight is 478 g/mol. The Labute approximate surface area is 190 Å². The van der Waals surface area contributed by atoms with Gasteiger partial charge in [-0.25, -0.2) is 28.1 Å². The van der Waals surface area contributed by atoms with Crippen LogP contribution < -0.4 is 17.1 Å². The molecule has 9 nitrogen and oxygen atoms in total. The van der Waals surface area contributed by atoms with E-state index in [1.54, 1.807) is 0 Å². The fourth-order valence-corrected chi connectivity index (χ4v) is 3.72. The first kappa shape index (κ1) is 26.5. The van der Waals surface area contributed by atoms with Gasteiger partial charge in [-0.1, -0.05) is 0 Å². The zero-order valence-electron chi connectivity index (χ0n) is 17.1. The van der Waals surface area contributed by atoms with Crippen molar-refractivity contribution < 1.29 is 14.4 Å². The minimum Gasteiger partial charge on any atom is -0.300 e. The molecule has 1 heterocycles. The van der Waals surface area contributed by atoms with E-state index >= 15 is 0 Å². The summed E-state index contributed by atoms with van der Waals surface area (Å²) >= 11 is 12.9. The summed E-state index contributed by atoms with van der Waals surface area (Å²) < 4.78 is 2.34. The molecule has 0 fully saturated rings. The van der Waals surface area contributed by atoms with Crippen LogP contribution in [0.4, 0.5) is 0 Å². The molecule has 3 unspecified atom stereocenters. The molecule has 0 saturated carbocycles. The Balaban J connectivity index is 3.63. The van der Waals surface area contributed by atoms with Crippen LogP contribution in [0.25, 0.3) is 0 Å². The molecule has 0 aliphatic carbocycles. The third kappa shape index (κ3) is 7.02. The smallest absolute Gasteiger partial charge is 0.300 e. The fraction of sp³-hybridized carbons (Fsp3) is 0.667. The number of aromatic nitrogens is 3. The van der Waals surface area contributed by atoms with E-state index in [-0.39, 0.29) is 55.9 Å². The topological polar surface area (TPSA) is 117 Å². The first-order valence-corrected chi connectivity index (χ1v) is 11.0. The molecule has 0 aliphatic heterocycles. The zero-order chi connectivity index (χ0) is 23.2. The average Bonchev–Trinajstić information content (AvgIpc) is 2.62. The maximum Gasteiger partial charge on any atom is 0.338 e. The molecule has 1 aromatic rings. The minimum atomic E-state index is -0.964. The molecule has 0 radical (unpaired) electrons. The van der Waals surface area contributed by atoms with E-state index in [1.807, 2.05) is 0 Å². The van der Waals surface area contributed by atoms with Crippen molar-refractivity contribution in [1.29, 1.82) is 0 Å². The first-order valence-electron chi connectivity index (χ1n) is 9.40. The third-order valence-corrected chi connectivity index (χ3v) is 5.86. The Morgan fingerprint density at radius 1 is 0.600 bits per heavy atom. The van der Waals surface area contributed by atoms with Crippen LogP contribution >= 0.6 is 37.9 Å². The summed E-state index contributed by atoms with van der Waals surface area (Å²) in [6.45, 7) is 4.12. The van der Waals surface area contributed by atoms with Gasteiger partial charge in [0.2, 0.25) is 0 Å². The van der Waals surface area contributed by atoms with Gasteiger partial charge in [-0.05, 0) is 40.0 Å². The first-order chi connectivity index (χ1) is 13.9. The van der Waals surface area contributed by atoms with Gasteiger partial charge in [-0.15, -0.1) is 0 Å². The fourth-order valence-electron chi connectivity index (χ4n) is 2.74. The van der Waals surface area contributed by atoms with Crippen molar-refractivity contribution in [2.24, 2.45) is 0 Å². The number of hydrogen-bond acceptors (Lipinski definition) is 9. The number of hydrogen-bond donors (Lipinski definition) is 3. The molecule has 0 spiro atoms. The Bertz CT molecular complexity index is 827. The van der Waals surface area contributed by atoms with Crippen molar-refractivity contribution in [2.45, 2.75) is 75.4 Å². The molecule has 12 heteroatoms. The van der Waals surface area contributed by atoms with Crippen LogP contribution in [0.5, 0.6) is 0 Å². The number of thiol groups is 3. The highest BCUT2D eigenvalue weighted by atomic mass is 32.1. The van der Waals surface area contributed by atoms with Crippen molar-refractivity contribution in [3.8, 4) is 0 Å². The summed E-state index contributed by atoms with van der Waals surface area (Å²) in [5.74, 6) is -0.423. The number of carbonyl (C=O) groups is 3. The summed E-state index contributed by atoms with van der Waals surface area (Å²) in [4.78, 5) is 72.9. The highest BCUT2D eigenvalue weighted by molar-refractivity contribution is 7.80. The van der Waals surface area contributed by atoms with Gasteiger partial charge in [0.15, 0.2) is 0 Å². The monoisotopic (exact) mass is 477 g/mol. The van der Waals surface area contributed by atoms with Gasteiger partial charge < -0.3 is 14.4 Å². The molecule has 30 heavy (non-hydrogen) atoms. The summed E-state index contributed by atoms with van der Waals surface area (Å²) in [7, 11) is 0. The molecule has 168 valence electrons. The van der Waals surface area contributed by atoms with Crippen LogP contribution in [0.1, 0.15) is 75.4 Å². The van der Waals surface area contributed by atoms with E-state index in [0.717, 1.165) is 13.7 Å². The Hall–Kier alpha value is -1.53. The molecule has 1 aromatic heterocycles. The van der Waals surface area contributed by atoms with Gasteiger partial charge in [-0.3, -0.25) is 0 Å². The molecule has 0 saturated heterocycles. The summed E-state index contributed by atoms with van der Waals surface area (Å²) in [6.07, 6.45) is 0.552. The lowest BCUT2D eigenvalue weighted by atomic mass is 10.2. The van der Waals surface area contributed by atoms with Crippen molar-refractivity contribution >= 4 is 55.2 Å². The molecular formula is C18H27N3O6S3. The lowest BCUT2D eigenvalue weighted by Crippen LogP contribution is -2.56. The number of ketones is 3. The zero-order valence-corrected chi connectivity index (χ0v) is 19.8. The maximum atomic E-state index is 13.0. The largest absolute Gasteiger partial charge is 0.338 e. The normalized spacial score (nSPS) is 14.2. The van der Waals surface area contributed by atoms with E-state index < -0.39 is 33.2 Å². The molecule has 0 bridgehead atoms. The number of nitrogens with zero attached hydrogens (tertiary/aromatic N) is 3. The van der Waals surface area contributed by atoms with Crippen LogP contribution in [-0.4, -0.2) is 31.1 Å². The molecule has 0 amide bonds. The molecular weight excluding hydrogens is 450 g/mol. The SMILES string of the molecule is CC(=O)CCC(S)n1c(=O)n(C(S)CCC(C)=O)c(=O)n(C(S)CCC(C)=O)c1=O. The highest BCUT2D eigenvalue weighted by Crippen LogP contribution is 2.19. The summed E-state index contributed by atoms with van der Waals surface area (Å²) in [5, 5.41) is -2.89. The molecule has 0 aliphatic rings. The van der Waals surface area contributed by atoms with Crippen LogP contribution in [-0.2, 0) is 14.4 Å². The number of Topliss-reactive ketones (excluding diaryl/α,β-unsaturated/α-hetero) is 3. The van der Waals surface area contributed by atoms with Gasteiger partial charge in [0.1, 0.15) is 17.3 Å². The van der Waals surface area contributed by atoms with Gasteiger partial charge in [0, 0.05) is 19.3 Å². The van der Waals surface area contributed by atoms with E-state index in [2.05, 4.69) is 37.9 Å². The predicted octanol–water partition coefficient (Wildman–Crippen LogP) is 1.56. The summed E-state index contributed by atoms with van der Waals surface area (Å²) in [5.41, 5.74) is -2.79. The second-order valence-corrected chi connectivity index (χ2v) is 8.91. The Morgan fingerprint density at radius 3 is 0.967 bits per heavy atom. The minimum absolute atomic E-state index is 0.0858. The maximum absolute atomic E-state index is 13.0. The van der Waals surface area contributed by atoms with E-state index in [1.165, 1.54) is 20.8 Å². The van der Waals surface area contributed by atoms with E-state index in [9.17, 15) is 28.8 Å². The standard InChI is InChI=1S/C18H27N3O6S3/c1-10(22)4-7-13(28)19-16(25)20(14(29)8-5-11(2)23)18(27)21(17(19)26)15(30)9-6-12(3)24/h13-15,28-30H,4-9H2,1-3H3. The van der Waals surface area contributed by atoms with Crippen LogP contribution in [0.2, 0.25) is 0 Å². The van der Waals surface area contributed by atoms with Gasteiger partial charge in [0.05, 0.1) is 16.1 Å². The molecule has 1 rings (SSSR count). The van der Waals surface area contributed by atoms with Gasteiger partial charge in [-0.2, -0.15) is 37.9 Å². The van der Waals surface area contributed by atoms with Crippen molar-refractivity contribution in [2.75, 3.05) is 0 Å². The lowest BCUT2D eigenvalue weighted by Gasteiger charge is -2.22. The number of carbonyl (C=O) groups excluding carboxylic acids is 3. The molecule has 0 N–H and O–H groups in total. The van der Waals surface area contributed by atoms with Crippen LogP contribution in [0.15, 0.2) is 14.4 Å². The predicted molar refractivity (Wildman–Crippen MR) is 123 cm³/mol. The Kier molecular flexibility index (Phi) is 10.4. The third-order valence-electron chi connectivity index (χ3n) is 4.39. The molecule has 3 atom stereocenters. The van der Waals surface area contributed by atoms with Crippen molar-refractivity contribution in [1.82, 2.24) is 13.7 Å². The van der Waals surface area contributed by atoms with Gasteiger partial charge in [0.25, 0.3) is 0 Å². The van der Waals surface area contributed by atoms with Crippen molar-refractivity contribution in [3.63, 3.8) is 0 Å². The van der Waals surface area contributed by atoms with Crippen LogP contribution in [0.3, 0.4) is 0 Å². The van der Waals surface area contributed by atoms with Crippen LogP contribution in [0, 0.1) is 0 Å². The van der Waals surface area contributed by atoms with E-state index in [0.29, 0.717) is 0 Å². The second kappa shape index (κ2) is 11.8. The van der Waals surface area contributed by atoms with E-state index in [4.69, 9.17) is 0 Å². The summed E-state index contributed by atoms with van der Waals surface area (Å²) in [6, 6.07) is 0.